The van der Waals surface area contributed by atoms with Crippen LogP contribution in [0, 0.1) is 0 Å². The van der Waals surface area contributed by atoms with Gasteiger partial charge in [0.05, 0.1) is 23.2 Å². The van der Waals surface area contributed by atoms with Crippen molar-refractivity contribution in [1.82, 2.24) is 50.3 Å². The van der Waals surface area contributed by atoms with E-state index in [1.54, 1.807) is 86.6 Å². The van der Waals surface area contributed by atoms with Crippen molar-refractivity contribution in [1.29, 1.82) is 0 Å². The van der Waals surface area contributed by atoms with E-state index >= 15 is 0 Å². The van der Waals surface area contributed by atoms with Crippen molar-refractivity contribution in [3.8, 4) is 0 Å². The number of carboxylic acid groups (broad SMARTS) is 2. The number of hydrogen-bond acceptors (Lipinski definition) is 22. The first-order valence-electron chi connectivity index (χ1n) is 25.5. The Balaban J connectivity index is 0.000000205. The van der Waals surface area contributed by atoms with Gasteiger partial charge in [-0.25, -0.2) is 37.9 Å². The molecule has 0 aliphatic rings. The summed E-state index contributed by atoms with van der Waals surface area (Å²) in [5, 5.41) is 41.7. The normalized spacial score (nSPS) is 11.7. The quantitative estimate of drug-likeness (QED) is 0.0479. The topological polar surface area (TPSA) is 456 Å². The van der Waals surface area contributed by atoms with Gasteiger partial charge in [-0.05, 0) is 93.9 Å². The van der Waals surface area contributed by atoms with Crippen LogP contribution >= 0.6 is 0 Å². The number of rotatable bonds is 20. The summed E-state index contributed by atoms with van der Waals surface area (Å²) in [6.07, 6.45) is 0. The van der Waals surface area contributed by atoms with E-state index in [-0.39, 0.29) is 94.4 Å². The zero-order valence-corrected chi connectivity index (χ0v) is 44.8. The lowest BCUT2D eigenvalue weighted by atomic mass is 10.1. The highest BCUT2D eigenvalue weighted by Gasteiger charge is 2.25. The van der Waals surface area contributed by atoms with Crippen LogP contribution in [0.15, 0.2) is 147 Å². The Labute approximate surface area is 479 Å². The molecule has 86 heavy (non-hydrogen) atoms. The van der Waals surface area contributed by atoms with Gasteiger partial charge in [-0.2, -0.15) is 0 Å². The van der Waals surface area contributed by atoms with Crippen molar-refractivity contribution >= 4 is 69.9 Å². The molecule has 0 spiro atoms. The van der Waals surface area contributed by atoms with Crippen molar-refractivity contribution in [3.63, 3.8) is 0 Å². The first-order valence-corrected chi connectivity index (χ1v) is 25.5. The second-order valence-corrected chi connectivity index (χ2v) is 19.1. The first-order chi connectivity index (χ1) is 41.1. The second kappa shape index (κ2) is 24.5. The summed E-state index contributed by atoms with van der Waals surface area (Å²) in [5.41, 5.74) is 11.6. The average Bonchev–Trinajstić information content (AvgIpc) is 2.30. The highest BCUT2D eigenvalue weighted by atomic mass is 16.5. The number of carboxylic acids is 2. The average molecular weight is 1170 g/mol. The number of amides is 4. The summed E-state index contributed by atoms with van der Waals surface area (Å²) in [6.45, 7) is 3.87. The molecule has 4 heterocycles. The molecule has 0 aliphatic heterocycles. The van der Waals surface area contributed by atoms with Crippen molar-refractivity contribution in [2.24, 2.45) is 0 Å². The molecular formula is C56H46N14O16. The Morgan fingerprint density at radius 2 is 0.860 bits per heavy atom. The third kappa shape index (κ3) is 12.5. The highest BCUT2D eigenvalue weighted by Crippen LogP contribution is 2.19. The lowest BCUT2D eigenvalue weighted by Gasteiger charge is -2.15. The van der Waals surface area contributed by atoms with Crippen LogP contribution in [-0.4, -0.2) is 74.9 Å². The number of carbonyl (C=O) groups is 6. The van der Waals surface area contributed by atoms with Crippen LogP contribution in [-0.2, 0) is 26.2 Å². The molecule has 10 aromatic rings. The monoisotopic (exact) mass is 1170 g/mol. The highest BCUT2D eigenvalue weighted by molar-refractivity contribution is 5.99. The summed E-state index contributed by atoms with van der Waals surface area (Å²) in [5.74, 6) is -7.51. The standard InChI is InChI=1S/2C28H23N7O8/c1-13(16-5-7-17(8-6-16)26(40)41)32-24(38)18-10-19(35-27(33-18)34-43-28(35)42)25(39)31-12-15-4-2-3-14(9-15)11-30-21-20(29)22(36)23(21)37;1-13(16-5-7-17(8-6-16)26(40)41)32-25(39)19-10-18(33-27-34-43-28(42)35(19)27)24(38)31-12-15-4-2-3-14(9-15)11-30-21-20(29)22(36)23(21)37/h2-10,13,30H,11-12,29H2,1H3,(H,31,39)(H,32,38)(H,40,41);2-10,13,30H,11-12,29H2,1H3,(H,31,38)(H,32,39)(H,40,41)/t2*13-/m00/s1. The van der Waals surface area contributed by atoms with Crippen molar-refractivity contribution in [2.75, 3.05) is 22.1 Å². The third-order valence-electron chi connectivity index (χ3n) is 13.3. The van der Waals surface area contributed by atoms with Crippen LogP contribution in [0.4, 0.5) is 22.7 Å². The lowest BCUT2D eigenvalue weighted by molar-refractivity contribution is 0.0686. The molecule has 0 saturated carbocycles. The van der Waals surface area contributed by atoms with Crippen molar-refractivity contribution < 1.29 is 48.0 Å². The van der Waals surface area contributed by atoms with Crippen LogP contribution in [0.1, 0.15) is 122 Å². The molecule has 4 amide bonds. The third-order valence-corrected chi connectivity index (χ3v) is 13.3. The predicted octanol–water partition coefficient (Wildman–Crippen LogP) is 1.18. The maximum atomic E-state index is 13.2. The molecule has 2 atom stereocenters. The summed E-state index contributed by atoms with van der Waals surface area (Å²) in [6, 6.07) is 27.0. The number of nitrogens with two attached hydrogens (primary N) is 2. The fourth-order valence-corrected chi connectivity index (χ4v) is 8.61. The van der Waals surface area contributed by atoms with E-state index in [9.17, 15) is 57.5 Å². The molecule has 6 aromatic carbocycles. The zero-order chi connectivity index (χ0) is 61.7. The van der Waals surface area contributed by atoms with Crippen LogP contribution in [0.5, 0.6) is 0 Å². The number of hydrogen-bond donors (Lipinski definition) is 10. The van der Waals surface area contributed by atoms with Gasteiger partial charge < -0.3 is 53.6 Å². The van der Waals surface area contributed by atoms with Gasteiger partial charge in [0.15, 0.2) is 0 Å². The SMILES string of the molecule is C[C@H](NC(=O)c1cc(C(=O)NCc2cccc(CNc3c(N)c(=O)c3=O)c2)n2c(=O)onc2n1)c1ccc(C(=O)O)cc1.C[C@H](NC(=O)c1cc(C(=O)NCc2cccc(CNc3c(N)c(=O)c3=O)c2)nc2noc(=O)n12)c1ccc(C(=O)O)cc1. The minimum absolute atomic E-state index is 0.0314. The van der Waals surface area contributed by atoms with Gasteiger partial charge in [0.25, 0.3) is 56.9 Å². The number of nitrogens with one attached hydrogen (secondary N) is 6. The van der Waals surface area contributed by atoms with E-state index in [4.69, 9.17) is 21.7 Å². The first kappa shape index (κ1) is 58.4. The Kier molecular flexibility index (Phi) is 16.6. The summed E-state index contributed by atoms with van der Waals surface area (Å²) >= 11 is 0. The number of aromatic nitrogens is 6. The maximum Gasteiger partial charge on any atom is 0.448 e. The van der Waals surface area contributed by atoms with Crippen LogP contribution in [0.2, 0.25) is 0 Å². The number of benzene rings is 4. The van der Waals surface area contributed by atoms with Gasteiger partial charge in [-0.3, -0.25) is 47.4 Å². The molecule has 4 aromatic heterocycles. The van der Waals surface area contributed by atoms with E-state index in [0.29, 0.717) is 22.3 Å². The largest absolute Gasteiger partial charge is 0.478 e. The van der Waals surface area contributed by atoms with Gasteiger partial charge in [-0.15, -0.1) is 0 Å². The Morgan fingerprint density at radius 3 is 1.27 bits per heavy atom. The number of nitrogen functional groups attached to an aromatic ring is 2. The summed E-state index contributed by atoms with van der Waals surface area (Å²) < 4.78 is 11.0. The molecule has 30 heteroatoms. The molecule has 12 N–H and O–H groups in total. The number of fused-ring (bicyclic) bond motifs is 2. The molecule has 30 nitrogen and oxygen atoms in total. The van der Waals surface area contributed by atoms with Crippen LogP contribution in [0.25, 0.3) is 11.6 Å². The second-order valence-electron chi connectivity index (χ2n) is 19.1. The molecule has 0 unspecified atom stereocenters. The maximum absolute atomic E-state index is 13.2. The van der Waals surface area contributed by atoms with E-state index in [1.165, 1.54) is 24.3 Å². The smallest absolute Gasteiger partial charge is 0.448 e. The molecule has 0 bridgehead atoms. The fraction of sp³-hybridized carbons (Fsp3) is 0.143. The number of aromatic carboxylic acids is 2. The van der Waals surface area contributed by atoms with E-state index < -0.39 is 80.9 Å². The predicted molar refractivity (Wildman–Crippen MR) is 303 cm³/mol. The van der Waals surface area contributed by atoms with Crippen LogP contribution < -0.4 is 76.6 Å². The molecule has 0 aliphatic carbocycles. The Hall–Kier alpha value is -12.2. The van der Waals surface area contributed by atoms with Gasteiger partial charge >= 0.3 is 23.5 Å². The molecule has 0 fully saturated rings. The number of nitrogens with zero attached hydrogens (tertiary/aromatic N) is 6. The number of carbonyl (C=O) groups excluding carboxylic acids is 4. The fourth-order valence-electron chi connectivity index (χ4n) is 8.61. The van der Waals surface area contributed by atoms with Gasteiger partial charge in [0, 0.05) is 26.2 Å². The van der Waals surface area contributed by atoms with Gasteiger partial charge in [0.1, 0.15) is 45.5 Å². The molecule has 436 valence electrons. The Bertz CT molecular complexity index is 4620. The molecule has 10 rings (SSSR count). The van der Waals surface area contributed by atoms with Crippen molar-refractivity contribution in [2.45, 2.75) is 52.1 Å². The molecular weight excluding hydrogens is 1120 g/mol. The minimum atomic E-state index is -1.09. The Morgan fingerprint density at radius 1 is 0.488 bits per heavy atom. The van der Waals surface area contributed by atoms with Gasteiger partial charge in [-0.1, -0.05) is 72.8 Å². The summed E-state index contributed by atoms with van der Waals surface area (Å²) in [4.78, 5) is 153. The van der Waals surface area contributed by atoms with E-state index in [2.05, 4.69) is 61.2 Å². The molecule has 0 saturated heterocycles. The van der Waals surface area contributed by atoms with E-state index in [1.807, 2.05) is 0 Å². The molecule has 0 radical (unpaired) electrons. The van der Waals surface area contributed by atoms with E-state index in [0.717, 1.165) is 32.1 Å². The minimum Gasteiger partial charge on any atom is -0.478 e. The van der Waals surface area contributed by atoms with Crippen LogP contribution in [0.3, 0.4) is 0 Å². The van der Waals surface area contributed by atoms with Gasteiger partial charge in [0.2, 0.25) is 0 Å². The zero-order valence-electron chi connectivity index (χ0n) is 44.8. The lowest BCUT2D eigenvalue weighted by Crippen LogP contribution is -2.36. The van der Waals surface area contributed by atoms with Crippen molar-refractivity contribution in [3.05, 3.63) is 238 Å². The summed E-state index contributed by atoms with van der Waals surface area (Å²) in [7, 11) is 0. The number of anilines is 4.